The second kappa shape index (κ2) is 7.27. The van der Waals surface area contributed by atoms with Crippen molar-refractivity contribution in [3.8, 4) is 0 Å². The number of carbonyl (C=O) groups is 2. The van der Waals surface area contributed by atoms with Crippen molar-refractivity contribution in [2.45, 2.75) is 25.9 Å². The normalized spacial score (nSPS) is 12.3. The van der Waals surface area contributed by atoms with Gasteiger partial charge in [-0.05, 0) is 18.1 Å². The predicted octanol–water partition coefficient (Wildman–Crippen LogP) is 2.50. The molecule has 0 aromatic heterocycles. The fourth-order valence-electron chi connectivity index (χ4n) is 1.40. The number of benzene rings is 1. The van der Waals surface area contributed by atoms with Gasteiger partial charge in [0.2, 0.25) is 0 Å². The maximum Gasteiger partial charge on any atom is 0.331 e. The van der Waals surface area contributed by atoms with Crippen LogP contribution >= 0.6 is 0 Å². The molecule has 0 saturated heterocycles. The van der Waals surface area contributed by atoms with Crippen LogP contribution in [0.5, 0.6) is 0 Å². The van der Waals surface area contributed by atoms with Crippen molar-refractivity contribution in [2.75, 3.05) is 0 Å². The van der Waals surface area contributed by atoms with Gasteiger partial charge in [-0.2, -0.15) is 0 Å². The van der Waals surface area contributed by atoms with Gasteiger partial charge in [-0.15, -0.1) is 0 Å². The van der Waals surface area contributed by atoms with Gasteiger partial charge in [0.1, 0.15) is 6.10 Å². The van der Waals surface area contributed by atoms with Crippen molar-refractivity contribution >= 4 is 18.0 Å². The van der Waals surface area contributed by atoms with Crippen LogP contribution in [0.15, 0.2) is 36.4 Å². The largest absolute Gasteiger partial charge is 0.481 e. The second-order valence-electron chi connectivity index (χ2n) is 3.81. The summed E-state index contributed by atoms with van der Waals surface area (Å²) in [6.45, 7) is 1.78. The summed E-state index contributed by atoms with van der Waals surface area (Å²) in [5, 5.41) is 8.63. The van der Waals surface area contributed by atoms with Gasteiger partial charge >= 0.3 is 11.9 Å². The lowest BCUT2D eigenvalue weighted by Gasteiger charge is -2.12. The first-order chi connectivity index (χ1) is 8.61. The molecule has 0 radical (unpaired) electrons. The zero-order valence-corrected chi connectivity index (χ0v) is 10.2. The Hall–Kier alpha value is -2.10. The molecule has 0 aliphatic rings. The van der Waals surface area contributed by atoms with Crippen molar-refractivity contribution in [3.05, 3.63) is 42.0 Å². The van der Waals surface area contributed by atoms with Crippen LogP contribution in [0.4, 0.5) is 0 Å². The molecule has 0 aliphatic carbocycles. The summed E-state index contributed by atoms with van der Waals surface area (Å²) in [5.74, 6) is -1.49. The van der Waals surface area contributed by atoms with E-state index in [1.54, 1.807) is 13.0 Å². The SMILES string of the molecule is CCC(CC(=O)O)OC(=O)/C=C/c1ccccc1. The lowest BCUT2D eigenvalue weighted by Crippen LogP contribution is -2.19. The maximum atomic E-state index is 11.5. The van der Waals surface area contributed by atoms with Crippen LogP contribution in [0.3, 0.4) is 0 Å². The summed E-state index contributed by atoms with van der Waals surface area (Å²) >= 11 is 0. The molecule has 0 saturated carbocycles. The molecular weight excluding hydrogens is 232 g/mol. The van der Waals surface area contributed by atoms with Gasteiger partial charge in [0.15, 0.2) is 0 Å². The number of carbonyl (C=O) groups excluding carboxylic acids is 1. The highest BCUT2D eigenvalue weighted by atomic mass is 16.5. The van der Waals surface area contributed by atoms with E-state index in [2.05, 4.69) is 0 Å². The number of hydrogen-bond acceptors (Lipinski definition) is 3. The van der Waals surface area contributed by atoms with Gasteiger partial charge in [-0.3, -0.25) is 4.79 Å². The Morgan fingerprint density at radius 3 is 2.56 bits per heavy atom. The van der Waals surface area contributed by atoms with E-state index in [9.17, 15) is 9.59 Å². The van der Waals surface area contributed by atoms with Crippen LogP contribution in [0.1, 0.15) is 25.3 Å². The highest BCUT2D eigenvalue weighted by Gasteiger charge is 2.14. The molecule has 0 aliphatic heterocycles. The topological polar surface area (TPSA) is 63.6 Å². The molecule has 1 atom stereocenters. The zero-order valence-electron chi connectivity index (χ0n) is 10.2. The molecule has 1 rings (SSSR count). The Morgan fingerprint density at radius 2 is 2.00 bits per heavy atom. The maximum absolute atomic E-state index is 11.5. The molecule has 0 bridgehead atoms. The second-order valence-corrected chi connectivity index (χ2v) is 3.81. The molecule has 0 amide bonds. The van der Waals surface area contributed by atoms with E-state index >= 15 is 0 Å². The number of carboxylic acid groups (broad SMARTS) is 1. The summed E-state index contributed by atoms with van der Waals surface area (Å²) in [6.07, 6.45) is 2.68. The van der Waals surface area contributed by atoms with Crippen molar-refractivity contribution in [1.29, 1.82) is 0 Å². The lowest BCUT2D eigenvalue weighted by atomic mass is 10.2. The Morgan fingerprint density at radius 1 is 1.33 bits per heavy atom. The molecule has 0 fully saturated rings. The number of ether oxygens (including phenoxy) is 1. The Labute approximate surface area is 106 Å². The summed E-state index contributed by atoms with van der Waals surface area (Å²) in [6, 6.07) is 9.33. The first-order valence-electron chi connectivity index (χ1n) is 5.77. The quantitative estimate of drug-likeness (QED) is 0.620. The average Bonchev–Trinajstić information content (AvgIpc) is 2.36. The van der Waals surface area contributed by atoms with E-state index in [0.29, 0.717) is 6.42 Å². The van der Waals surface area contributed by atoms with E-state index in [0.717, 1.165) is 5.56 Å². The highest BCUT2D eigenvalue weighted by molar-refractivity contribution is 5.87. The first kappa shape index (κ1) is 14.0. The molecule has 1 aromatic carbocycles. The summed E-state index contributed by atoms with van der Waals surface area (Å²) < 4.78 is 5.03. The predicted molar refractivity (Wildman–Crippen MR) is 67.9 cm³/mol. The van der Waals surface area contributed by atoms with Crippen LogP contribution in [0.2, 0.25) is 0 Å². The third-order valence-corrected chi connectivity index (χ3v) is 2.35. The lowest BCUT2D eigenvalue weighted by molar-refractivity contribution is -0.148. The minimum absolute atomic E-state index is 0.165. The monoisotopic (exact) mass is 248 g/mol. The minimum atomic E-state index is -0.971. The van der Waals surface area contributed by atoms with Crippen LogP contribution in [-0.2, 0) is 14.3 Å². The summed E-state index contributed by atoms with van der Waals surface area (Å²) in [5.41, 5.74) is 0.890. The van der Waals surface area contributed by atoms with Gasteiger partial charge in [0.05, 0.1) is 6.42 Å². The molecular formula is C14H16O4. The number of aliphatic carboxylic acids is 1. The van der Waals surface area contributed by atoms with E-state index in [1.165, 1.54) is 6.08 Å². The molecule has 18 heavy (non-hydrogen) atoms. The van der Waals surface area contributed by atoms with E-state index in [1.807, 2.05) is 30.3 Å². The van der Waals surface area contributed by atoms with Crippen molar-refractivity contribution in [3.63, 3.8) is 0 Å². The van der Waals surface area contributed by atoms with E-state index in [-0.39, 0.29) is 6.42 Å². The Kier molecular flexibility index (Phi) is 5.64. The third-order valence-electron chi connectivity index (χ3n) is 2.35. The van der Waals surface area contributed by atoms with Crippen LogP contribution < -0.4 is 0 Å². The Balaban J connectivity index is 2.50. The number of hydrogen-bond donors (Lipinski definition) is 1. The number of esters is 1. The molecule has 1 aromatic rings. The molecule has 0 heterocycles. The molecule has 4 nitrogen and oxygen atoms in total. The molecule has 96 valence electrons. The van der Waals surface area contributed by atoms with E-state index < -0.39 is 18.0 Å². The van der Waals surface area contributed by atoms with Crippen molar-refractivity contribution in [2.24, 2.45) is 0 Å². The van der Waals surface area contributed by atoms with Gasteiger partial charge in [-0.25, -0.2) is 4.79 Å². The molecule has 1 unspecified atom stereocenters. The van der Waals surface area contributed by atoms with Gasteiger partial charge in [0.25, 0.3) is 0 Å². The molecule has 1 N–H and O–H groups in total. The van der Waals surface area contributed by atoms with Gasteiger partial charge < -0.3 is 9.84 Å². The summed E-state index contributed by atoms with van der Waals surface area (Å²) in [4.78, 5) is 22.0. The minimum Gasteiger partial charge on any atom is -0.481 e. The zero-order chi connectivity index (χ0) is 13.4. The van der Waals surface area contributed by atoms with Crippen molar-refractivity contribution < 1.29 is 19.4 Å². The van der Waals surface area contributed by atoms with Gasteiger partial charge in [-0.1, -0.05) is 37.3 Å². The molecule has 4 heteroatoms. The average molecular weight is 248 g/mol. The standard InChI is InChI=1S/C14H16O4/c1-2-12(10-13(15)16)18-14(17)9-8-11-6-4-3-5-7-11/h3-9,12H,2,10H2,1H3,(H,15,16)/b9-8+. The van der Waals surface area contributed by atoms with Gasteiger partial charge in [0, 0.05) is 6.08 Å². The smallest absolute Gasteiger partial charge is 0.331 e. The van der Waals surface area contributed by atoms with Crippen molar-refractivity contribution in [1.82, 2.24) is 0 Å². The summed E-state index contributed by atoms with van der Waals surface area (Å²) in [7, 11) is 0. The van der Waals surface area contributed by atoms with E-state index in [4.69, 9.17) is 9.84 Å². The number of carboxylic acids is 1. The fourth-order valence-corrected chi connectivity index (χ4v) is 1.40. The van der Waals surface area contributed by atoms with Crippen LogP contribution in [0.25, 0.3) is 6.08 Å². The Bertz CT molecular complexity index is 423. The number of rotatable bonds is 6. The fraction of sp³-hybridized carbons (Fsp3) is 0.286. The highest BCUT2D eigenvalue weighted by Crippen LogP contribution is 2.06. The molecule has 0 spiro atoms. The third kappa shape index (κ3) is 5.30. The van der Waals surface area contributed by atoms with Crippen LogP contribution in [0, 0.1) is 0 Å². The van der Waals surface area contributed by atoms with Crippen LogP contribution in [-0.4, -0.2) is 23.1 Å². The first-order valence-corrected chi connectivity index (χ1v) is 5.77.